The standard InChI is InChI=1S/C23H13NOPS2.Ir/c25-26-17-8-1-3-10-19(17)27-21-13-15(16-7-5-6-12-24-16)14-22(23(21)26)28-20-11-4-2-9-18(20)26;/h1-13H;/q-1;. The van der Waals surface area contributed by atoms with Gasteiger partial charge in [0, 0.05) is 46.7 Å². The fourth-order valence-corrected chi connectivity index (χ4v) is 10.7. The molecule has 0 aliphatic carbocycles. The van der Waals surface area contributed by atoms with Gasteiger partial charge in [0.2, 0.25) is 0 Å². The molecule has 2 aliphatic rings. The second kappa shape index (κ2) is 7.26. The van der Waals surface area contributed by atoms with Crippen LogP contribution in [0, 0.1) is 6.07 Å². The Kier molecular flexibility index (Phi) is 4.85. The minimum absolute atomic E-state index is 0. The van der Waals surface area contributed by atoms with Crippen molar-refractivity contribution in [2.75, 3.05) is 0 Å². The van der Waals surface area contributed by atoms with E-state index in [0.29, 0.717) is 0 Å². The van der Waals surface area contributed by atoms with E-state index in [2.05, 4.69) is 29.2 Å². The summed E-state index contributed by atoms with van der Waals surface area (Å²) in [4.78, 5) is 8.64. The number of rotatable bonds is 1. The van der Waals surface area contributed by atoms with Crippen LogP contribution in [0.1, 0.15) is 0 Å². The molecule has 0 bridgehead atoms. The van der Waals surface area contributed by atoms with Crippen LogP contribution in [0.4, 0.5) is 0 Å². The van der Waals surface area contributed by atoms with E-state index in [1.54, 1.807) is 29.7 Å². The molecule has 1 radical (unpaired) electrons. The van der Waals surface area contributed by atoms with Gasteiger partial charge in [-0.2, -0.15) is 0 Å². The first kappa shape index (κ1) is 19.4. The van der Waals surface area contributed by atoms with Gasteiger partial charge in [-0.05, 0) is 29.2 Å². The average molecular weight is 607 g/mol. The maximum Gasteiger partial charge on any atom is 0.139 e. The summed E-state index contributed by atoms with van der Waals surface area (Å²) >= 11 is 3.36. The average Bonchev–Trinajstić information content (AvgIpc) is 2.74. The van der Waals surface area contributed by atoms with Crippen molar-refractivity contribution in [3.8, 4) is 11.3 Å². The Morgan fingerprint density at radius 2 is 1.45 bits per heavy atom. The first-order chi connectivity index (χ1) is 13.7. The van der Waals surface area contributed by atoms with Crippen LogP contribution in [0.15, 0.2) is 98.6 Å². The summed E-state index contributed by atoms with van der Waals surface area (Å²) in [5, 5.41) is 2.83. The first-order valence-corrected chi connectivity index (χ1v) is 12.3. The number of aromatic nitrogens is 1. The second-order valence-electron chi connectivity index (χ2n) is 6.69. The molecule has 3 aromatic carbocycles. The molecule has 1 aromatic heterocycles. The van der Waals surface area contributed by atoms with Crippen molar-refractivity contribution in [3.05, 3.63) is 85.1 Å². The SMILES string of the molecule is O=P12c3ccccc3Sc3[c-]c(-c4ccccn4)cc(c31)Sc1ccccc12.[Ir]. The molecular formula is C23H13IrNOPS2-. The van der Waals surface area contributed by atoms with Gasteiger partial charge in [0.05, 0.1) is 0 Å². The van der Waals surface area contributed by atoms with E-state index < -0.39 is 7.14 Å². The van der Waals surface area contributed by atoms with E-state index in [4.69, 9.17) is 0 Å². The number of hydrogen-bond donors (Lipinski definition) is 0. The van der Waals surface area contributed by atoms with Crippen molar-refractivity contribution < 1.29 is 24.7 Å². The van der Waals surface area contributed by atoms with Gasteiger partial charge in [-0.1, -0.05) is 58.3 Å². The zero-order valence-electron chi connectivity index (χ0n) is 15.0. The fourth-order valence-electron chi connectivity index (χ4n) is 3.85. The predicted octanol–water partition coefficient (Wildman–Crippen LogP) is 5.11. The van der Waals surface area contributed by atoms with Crippen LogP contribution in [0.2, 0.25) is 0 Å². The molecule has 143 valence electrons. The van der Waals surface area contributed by atoms with Crippen LogP contribution >= 0.6 is 30.7 Å². The monoisotopic (exact) mass is 607 g/mol. The molecule has 0 spiro atoms. The zero-order chi connectivity index (χ0) is 18.7. The number of nitrogens with zero attached hydrogens (tertiary/aromatic N) is 1. The molecule has 29 heavy (non-hydrogen) atoms. The van der Waals surface area contributed by atoms with Gasteiger partial charge < -0.3 is 9.55 Å². The van der Waals surface area contributed by atoms with Crippen molar-refractivity contribution >= 4 is 46.6 Å². The summed E-state index contributed by atoms with van der Waals surface area (Å²) in [6.07, 6.45) is 1.80. The summed E-state index contributed by atoms with van der Waals surface area (Å²) in [5.74, 6) is 0. The number of benzene rings is 3. The minimum Gasteiger partial charge on any atom is -0.318 e. The van der Waals surface area contributed by atoms with Crippen molar-refractivity contribution in [1.82, 2.24) is 4.98 Å². The Hall–Kier alpha value is -1.61. The van der Waals surface area contributed by atoms with Crippen LogP contribution < -0.4 is 15.9 Å². The largest absolute Gasteiger partial charge is 0.318 e. The fraction of sp³-hybridized carbons (Fsp3) is 0. The third kappa shape index (κ3) is 2.84. The van der Waals surface area contributed by atoms with Gasteiger partial charge in [-0.25, -0.2) is 0 Å². The van der Waals surface area contributed by atoms with Gasteiger partial charge in [0.15, 0.2) is 0 Å². The van der Waals surface area contributed by atoms with Gasteiger partial charge in [0.1, 0.15) is 7.14 Å². The molecular weight excluding hydrogens is 594 g/mol. The zero-order valence-corrected chi connectivity index (χ0v) is 19.9. The molecule has 0 saturated carbocycles. The molecule has 3 heterocycles. The number of fused-ring (bicyclic) bond motifs is 4. The smallest absolute Gasteiger partial charge is 0.139 e. The summed E-state index contributed by atoms with van der Waals surface area (Å²) in [5.41, 5.74) is 1.83. The molecule has 1 unspecified atom stereocenters. The van der Waals surface area contributed by atoms with Crippen molar-refractivity contribution in [1.29, 1.82) is 0 Å². The Morgan fingerprint density at radius 3 is 2.14 bits per heavy atom. The third-order valence-electron chi connectivity index (χ3n) is 5.07. The van der Waals surface area contributed by atoms with Crippen molar-refractivity contribution in [2.45, 2.75) is 19.6 Å². The molecule has 4 aromatic rings. The van der Waals surface area contributed by atoms with Crippen LogP contribution in [0.3, 0.4) is 0 Å². The molecule has 0 fully saturated rings. The normalized spacial score (nSPS) is 18.1. The predicted molar refractivity (Wildman–Crippen MR) is 116 cm³/mol. The summed E-state index contributed by atoms with van der Waals surface area (Å²) in [7, 11) is -2.92. The van der Waals surface area contributed by atoms with E-state index in [9.17, 15) is 4.57 Å². The van der Waals surface area contributed by atoms with Crippen LogP contribution in [0.5, 0.6) is 0 Å². The summed E-state index contributed by atoms with van der Waals surface area (Å²) in [6.45, 7) is 0. The van der Waals surface area contributed by atoms with Crippen LogP contribution in [-0.4, -0.2) is 4.98 Å². The molecule has 1 atom stereocenters. The van der Waals surface area contributed by atoms with E-state index in [1.807, 2.05) is 54.6 Å². The Morgan fingerprint density at radius 1 is 0.793 bits per heavy atom. The summed E-state index contributed by atoms with van der Waals surface area (Å²) in [6, 6.07) is 27.7. The number of pyridine rings is 1. The van der Waals surface area contributed by atoms with Crippen LogP contribution in [0.25, 0.3) is 11.3 Å². The Bertz CT molecular complexity index is 1230. The second-order valence-corrected chi connectivity index (χ2v) is 11.5. The van der Waals surface area contributed by atoms with Gasteiger partial charge >= 0.3 is 0 Å². The van der Waals surface area contributed by atoms with E-state index in [1.165, 1.54) is 0 Å². The van der Waals surface area contributed by atoms with Crippen LogP contribution in [-0.2, 0) is 24.7 Å². The third-order valence-corrected chi connectivity index (χ3v) is 11.1. The molecule has 0 N–H and O–H groups in total. The van der Waals surface area contributed by atoms with Gasteiger partial charge in [-0.3, -0.25) is 0 Å². The molecule has 6 heteroatoms. The first-order valence-electron chi connectivity index (χ1n) is 8.92. The quantitative estimate of drug-likeness (QED) is 0.192. The molecule has 2 aliphatic heterocycles. The van der Waals surface area contributed by atoms with Crippen molar-refractivity contribution in [2.24, 2.45) is 0 Å². The maximum atomic E-state index is 14.7. The van der Waals surface area contributed by atoms with E-state index >= 15 is 0 Å². The topological polar surface area (TPSA) is 30.0 Å². The molecule has 0 saturated heterocycles. The van der Waals surface area contributed by atoms with E-state index in [0.717, 1.165) is 46.8 Å². The van der Waals surface area contributed by atoms with Gasteiger partial charge in [-0.15, -0.1) is 41.2 Å². The van der Waals surface area contributed by atoms with Crippen molar-refractivity contribution in [3.63, 3.8) is 0 Å². The molecule has 0 amide bonds. The molecule has 2 nitrogen and oxygen atoms in total. The van der Waals surface area contributed by atoms with Gasteiger partial charge in [0.25, 0.3) is 0 Å². The van der Waals surface area contributed by atoms with E-state index in [-0.39, 0.29) is 20.1 Å². The number of hydrogen-bond acceptors (Lipinski definition) is 4. The Labute approximate surface area is 191 Å². The molecule has 6 rings (SSSR count). The Balaban J connectivity index is 0.00000181. The maximum absolute atomic E-state index is 14.7. The summed E-state index contributed by atoms with van der Waals surface area (Å²) < 4.78 is 14.7. The minimum atomic E-state index is -2.92.